The molecule has 0 radical (unpaired) electrons. The van der Waals surface area contributed by atoms with Crippen molar-refractivity contribution in [3.63, 3.8) is 0 Å². The monoisotopic (exact) mass is 335 g/mol. The molecular weight excluding hydrogens is 322 g/mol. The molecule has 0 spiro atoms. The van der Waals surface area contributed by atoms with Crippen LogP contribution in [0.2, 0.25) is 0 Å². The number of rotatable bonds is 1. The van der Waals surface area contributed by atoms with Crippen molar-refractivity contribution in [2.75, 3.05) is 6.61 Å². The average Bonchev–Trinajstić information content (AvgIpc) is 2.18. The smallest absolute Gasteiger partial charge is 1.00 e. The molecule has 0 amide bonds. The number of hydrogen-bond acceptors (Lipinski definition) is 9. The van der Waals surface area contributed by atoms with E-state index in [0.717, 1.165) is 0 Å². The molecule has 19 heavy (non-hydrogen) atoms. The zero-order chi connectivity index (χ0) is 13.8. The van der Waals surface area contributed by atoms with Gasteiger partial charge in [0.15, 0.2) is 6.29 Å². The number of nitrogens with two attached hydrogens (primary N) is 1. The molecule has 10 nitrogen and oxygen atoms in total. The van der Waals surface area contributed by atoms with Gasteiger partial charge in [0.2, 0.25) is 10.4 Å². The van der Waals surface area contributed by atoms with Gasteiger partial charge in [-0.2, -0.15) is 0 Å². The summed E-state index contributed by atoms with van der Waals surface area (Å²) in [5, 5.41) is 36.1. The maximum Gasteiger partial charge on any atom is 2.00 e. The first-order valence-corrected chi connectivity index (χ1v) is 5.68. The van der Waals surface area contributed by atoms with Crippen LogP contribution in [0.1, 0.15) is 0 Å². The van der Waals surface area contributed by atoms with Crippen molar-refractivity contribution in [2.24, 2.45) is 5.73 Å². The molecule has 1 rings (SSSR count). The summed E-state index contributed by atoms with van der Waals surface area (Å²) < 4.78 is 37.5. The summed E-state index contributed by atoms with van der Waals surface area (Å²) in [6.07, 6.45) is -4.85. The molecule has 0 aliphatic carbocycles. The normalized spacial score (nSPS) is 34.2. The van der Waals surface area contributed by atoms with Gasteiger partial charge in [-0.05, 0) is 0 Å². The van der Waals surface area contributed by atoms with Crippen LogP contribution in [0, 0.1) is 0 Å². The molecule has 1 fully saturated rings. The Morgan fingerprint density at radius 1 is 1.21 bits per heavy atom. The molecule has 1 aliphatic rings. The summed E-state index contributed by atoms with van der Waals surface area (Å²) in [6, 6.07) is -1.04. The Morgan fingerprint density at radius 2 is 1.58 bits per heavy atom. The fraction of sp³-hybridized carbons (Fsp3) is 1.00. The minimum atomic E-state index is -4.92. The summed E-state index contributed by atoms with van der Waals surface area (Å²) in [6.45, 7) is -0.470. The second-order valence-electron chi connectivity index (χ2n) is 3.23. The van der Waals surface area contributed by atoms with E-state index in [2.05, 4.69) is 0 Å². The van der Waals surface area contributed by atoms with Crippen LogP contribution < -0.4 is 18.1 Å². The summed E-state index contributed by atoms with van der Waals surface area (Å²) in [4.78, 5) is 0. The van der Waals surface area contributed by atoms with Crippen molar-refractivity contribution >= 4 is 33.5 Å². The van der Waals surface area contributed by atoms with Gasteiger partial charge in [-0.15, -0.1) is 0 Å². The average molecular weight is 336 g/mol. The van der Waals surface area contributed by atoms with Gasteiger partial charge in [0.25, 0.3) is 0 Å². The predicted molar refractivity (Wildman–Crippen MR) is 56.0 cm³/mol. The first kappa shape index (κ1) is 24.7. The first-order valence-electron chi connectivity index (χ1n) is 4.32. The van der Waals surface area contributed by atoms with E-state index in [1.807, 2.05) is 0 Å². The van der Waals surface area contributed by atoms with Gasteiger partial charge in [0.05, 0.1) is 12.6 Å². The number of aliphatic hydroxyl groups excluding tert-OH is 4. The molecule has 0 bridgehead atoms. The van der Waals surface area contributed by atoms with Gasteiger partial charge in [-0.3, -0.25) is 4.55 Å². The van der Waals surface area contributed by atoms with Gasteiger partial charge in [0, 0.05) is 0 Å². The largest absolute Gasteiger partial charge is 2.00 e. The predicted octanol–water partition coefficient (Wildman–Crippen LogP) is -7.63. The molecule has 13 heteroatoms. The molecule has 1 saturated heterocycles. The summed E-state index contributed by atoms with van der Waals surface area (Å²) in [7, 11) is -4.92. The molecule has 7 N–H and O–H groups in total. The van der Waals surface area contributed by atoms with E-state index < -0.39 is 47.6 Å². The Labute approximate surface area is 131 Å². The van der Waals surface area contributed by atoms with E-state index in [1.54, 1.807) is 0 Å². The third-order valence-electron chi connectivity index (χ3n) is 1.95. The van der Waals surface area contributed by atoms with Crippen LogP contribution in [0.25, 0.3) is 0 Å². The molecule has 1 heterocycles. The quantitative estimate of drug-likeness (QED) is 0.152. The van der Waals surface area contributed by atoms with Crippen LogP contribution in [0.3, 0.4) is 0 Å². The second kappa shape index (κ2) is 10.4. The molecule has 1 aliphatic heterocycles. The Bertz CT molecular complexity index is 318. The van der Waals surface area contributed by atoms with E-state index >= 15 is 0 Å². The maximum atomic E-state index is 9.20. The molecule has 5 atom stereocenters. The number of aliphatic hydroxyl groups is 4. The zero-order valence-electron chi connectivity index (χ0n) is 9.53. The third kappa shape index (κ3) is 10.1. The van der Waals surface area contributed by atoms with Crippen LogP contribution in [-0.2, 0) is 15.1 Å². The van der Waals surface area contributed by atoms with Crippen molar-refractivity contribution < 1.29 is 55.1 Å². The van der Waals surface area contributed by atoms with E-state index in [-0.39, 0.29) is 35.5 Å². The van der Waals surface area contributed by atoms with Crippen molar-refractivity contribution in [2.45, 2.75) is 30.6 Å². The first-order chi connectivity index (χ1) is 7.57. The van der Waals surface area contributed by atoms with Crippen molar-refractivity contribution in [1.82, 2.24) is 0 Å². The number of halogens is 1. The SMILES string of the molecule is N[C@H]1C(O)O[C@H](CO)[C@@H](O)[C@@H]1O.O=S(=O)([O-])O.[Cl-].[Mg+2]. The summed E-state index contributed by atoms with van der Waals surface area (Å²) in [5.74, 6) is 0. The fourth-order valence-corrected chi connectivity index (χ4v) is 1.12. The van der Waals surface area contributed by atoms with E-state index in [4.69, 9.17) is 38.2 Å². The molecule has 0 aromatic carbocycles. The summed E-state index contributed by atoms with van der Waals surface area (Å²) in [5.41, 5.74) is 5.26. The van der Waals surface area contributed by atoms with Gasteiger partial charge < -0.3 is 47.9 Å². The van der Waals surface area contributed by atoms with Crippen LogP contribution in [-0.4, -0.2) is 98.3 Å². The molecule has 0 aromatic heterocycles. The maximum absolute atomic E-state index is 9.20. The van der Waals surface area contributed by atoms with Crippen LogP contribution in [0.4, 0.5) is 0 Å². The standard InChI is InChI=1S/C6H13NO5.ClH.Mg.H2O4S/c7-3-5(10)4(9)2(1-8)12-6(3)11;;;1-5(2,3)4/h2-6,8-11H,1,7H2;1H;;(H2,1,2,3,4)/q;;+2;/p-2/t2-,3-,4-,5-,6?;;;/m1.../s1. The minimum Gasteiger partial charge on any atom is -1.00 e. The van der Waals surface area contributed by atoms with Gasteiger partial charge in [-0.25, -0.2) is 8.42 Å². The molecule has 112 valence electrons. The van der Waals surface area contributed by atoms with Gasteiger partial charge in [0.1, 0.15) is 18.3 Å². The van der Waals surface area contributed by atoms with Crippen molar-refractivity contribution in [3.05, 3.63) is 0 Å². The van der Waals surface area contributed by atoms with E-state index in [9.17, 15) is 10.2 Å². The van der Waals surface area contributed by atoms with Gasteiger partial charge in [-0.1, -0.05) is 0 Å². The Morgan fingerprint density at radius 3 is 1.89 bits per heavy atom. The Hall–Kier alpha value is 0.686. The topological polar surface area (TPSA) is 194 Å². The zero-order valence-corrected chi connectivity index (χ0v) is 12.5. The van der Waals surface area contributed by atoms with Crippen molar-refractivity contribution in [1.29, 1.82) is 0 Å². The molecular formula is C6H14ClMgNO9S. The van der Waals surface area contributed by atoms with E-state index in [1.165, 1.54) is 0 Å². The Balaban J connectivity index is -0.000000320. The van der Waals surface area contributed by atoms with Crippen LogP contribution in [0.5, 0.6) is 0 Å². The van der Waals surface area contributed by atoms with Crippen LogP contribution in [0.15, 0.2) is 0 Å². The van der Waals surface area contributed by atoms with Gasteiger partial charge >= 0.3 is 23.1 Å². The Kier molecular flexibility index (Phi) is 13.5. The minimum absolute atomic E-state index is 0. The molecule has 1 unspecified atom stereocenters. The molecule has 0 saturated carbocycles. The van der Waals surface area contributed by atoms with Crippen molar-refractivity contribution in [3.8, 4) is 0 Å². The van der Waals surface area contributed by atoms with E-state index in [0.29, 0.717) is 0 Å². The number of ether oxygens (including phenoxy) is 1. The fourth-order valence-electron chi connectivity index (χ4n) is 1.12. The third-order valence-corrected chi connectivity index (χ3v) is 1.95. The number of hydrogen-bond donors (Lipinski definition) is 6. The second-order valence-corrected chi connectivity index (χ2v) is 4.09. The summed E-state index contributed by atoms with van der Waals surface area (Å²) >= 11 is 0. The molecule has 0 aromatic rings. The van der Waals surface area contributed by atoms with Crippen LogP contribution >= 0.6 is 0 Å².